The predicted octanol–water partition coefficient (Wildman–Crippen LogP) is 2.96. The van der Waals surface area contributed by atoms with Crippen molar-refractivity contribution in [2.24, 2.45) is 0 Å². The Morgan fingerprint density at radius 1 is 1.23 bits per heavy atom. The summed E-state index contributed by atoms with van der Waals surface area (Å²) in [6.07, 6.45) is 2.32. The summed E-state index contributed by atoms with van der Waals surface area (Å²) >= 11 is 0. The zero-order valence-corrected chi connectivity index (χ0v) is 18.2. The molecular formula is C23H23NO6S. The number of Topliss-reactive ketones (excluding diaryl/α,β-unsaturated/α-hetero) is 1. The van der Waals surface area contributed by atoms with Crippen LogP contribution in [-0.4, -0.2) is 50.5 Å². The van der Waals surface area contributed by atoms with Crippen molar-refractivity contribution in [3.8, 4) is 17.2 Å². The smallest absolute Gasteiger partial charge is 0.232 e. The van der Waals surface area contributed by atoms with Crippen molar-refractivity contribution >= 4 is 21.7 Å². The first kappa shape index (κ1) is 20.1. The molecule has 8 heteroatoms. The number of carbonyl (C=O) groups excluding carboxylic acids is 1. The van der Waals surface area contributed by atoms with E-state index in [2.05, 4.69) is 0 Å². The van der Waals surface area contributed by atoms with E-state index in [1.165, 1.54) is 0 Å². The summed E-state index contributed by atoms with van der Waals surface area (Å²) in [5.41, 5.74) is 2.97. The molecule has 162 valence electrons. The maximum atomic E-state index is 13.1. The van der Waals surface area contributed by atoms with Crippen molar-refractivity contribution < 1.29 is 27.4 Å². The Hall–Kier alpha value is -2.84. The number of carbonyl (C=O) groups is 1. The second-order valence-corrected chi connectivity index (χ2v) is 10.4. The second-order valence-electron chi connectivity index (χ2n) is 8.16. The van der Waals surface area contributed by atoms with Crippen LogP contribution in [0.15, 0.2) is 36.1 Å². The standard InChI is InChI=1S/C23H23NO6S/c1-14-9-19-18(11-24(13-29-19)16-7-8-31(26,27)12-16)23-21(14)22(25)20(30-23)10-15-3-5-17(28-2)6-4-15/h3-6,9-10,16H,7-8,11-13H2,1-2H3. The first-order chi connectivity index (χ1) is 14.8. The largest absolute Gasteiger partial charge is 0.497 e. The maximum absolute atomic E-state index is 13.1. The molecule has 2 aromatic carbocycles. The van der Waals surface area contributed by atoms with Crippen molar-refractivity contribution in [1.29, 1.82) is 0 Å². The SMILES string of the molecule is COc1ccc(C=C2Oc3c4c(cc(C)c3C2=O)OCN(C2CCS(=O)(=O)C2)C4)cc1. The quantitative estimate of drug-likeness (QED) is 0.678. The molecule has 0 saturated carbocycles. The van der Waals surface area contributed by atoms with Gasteiger partial charge in [-0.1, -0.05) is 12.1 Å². The molecular weight excluding hydrogens is 418 g/mol. The lowest BCUT2D eigenvalue weighted by Gasteiger charge is -2.33. The summed E-state index contributed by atoms with van der Waals surface area (Å²) in [7, 11) is -1.40. The maximum Gasteiger partial charge on any atom is 0.232 e. The van der Waals surface area contributed by atoms with Gasteiger partial charge in [0.2, 0.25) is 5.78 Å². The molecule has 0 N–H and O–H groups in total. The van der Waals surface area contributed by atoms with Gasteiger partial charge in [0.25, 0.3) is 0 Å². The van der Waals surface area contributed by atoms with Crippen LogP contribution < -0.4 is 14.2 Å². The minimum absolute atomic E-state index is 0.0819. The molecule has 3 heterocycles. The topological polar surface area (TPSA) is 82.1 Å². The number of methoxy groups -OCH3 is 1. The molecule has 0 amide bonds. The Morgan fingerprint density at radius 3 is 2.68 bits per heavy atom. The van der Waals surface area contributed by atoms with Gasteiger partial charge in [0.05, 0.1) is 29.7 Å². The number of aryl methyl sites for hydroxylation is 1. The van der Waals surface area contributed by atoms with Gasteiger partial charge in [-0.3, -0.25) is 9.69 Å². The lowest BCUT2D eigenvalue weighted by atomic mass is 9.98. The molecule has 3 aliphatic rings. The Kier molecular flexibility index (Phi) is 4.79. The molecule has 0 spiro atoms. The van der Waals surface area contributed by atoms with E-state index in [4.69, 9.17) is 14.2 Å². The van der Waals surface area contributed by atoms with Crippen molar-refractivity contribution in [2.75, 3.05) is 25.3 Å². The number of ether oxygens (including phenoxy) is 3. The third kappa shape index (κ3) is 3.59. The summed E-state index contributed by atoms with van der Waals surface area (Å²) in [6, 6.07) is 9.16. The van der Waals surface area contributed by atoms with E-state index >= 15 is 0 Å². The van der Waals surface area contributed by atoms with Crippen molar-refractivity contribution in [3.63, 3.8) is 0 Å². The Balaban J connectivity index is 1.47. The highest BCUT2D eigenvalue weighted by atomic mass is 32.2. The lowest BCUT2D eigenvalue weighted by Crippen LogP contribution is -2.41. The first-order valence-electron chi connectivity index (χ1n) is 10.2. The molecule has 0 bridgehead atoms. The highest BCUT2D eigenvalue weighted by molar-refractivity contribution is 7.91. The molecule has 0 aromatic heterocycles. The van der Waals surface area contributed by atoms with E-state index in [1.54, 1.807) is 13.2 Å². The fourth-order valence-corrected chi connectivity index (χ4v) is 6.16. The van der Waals surface area contributed by atoms with Gasteiger partial charge in [0.15, 0.2) is 15.6 Å². The van der Waals surface area contributed by atoms with Crippen molar-refractivity contribution in [2.45, 2.75) is 25.9 Å². The molecule has 0 radical (unpaired) electrons. The number of fused-ring (bicyclic) bond motifs is 3. The van der Waals surface area contributed by atoms with Gasteiger partial charge in [-0.25, -0.2) is 8.42 Å². The normalized spacial score (nSPS) is 23.2. The summed E-state index contributed by atoms with van der Waals surface area (Å²) in [4.78, 5) is 15.1. The van der Waals surface area contributed by atoms with Crippen LogP contribution in [0.4, 0.5) is 0 Å². The van der Waals surface area contributed by atoms with Gasteiger partial charge in [-0.2, -0.15) is 0 Å². The average Bonchev–Trinajstić information content (AvgIpc) is 3.28. The van der Waals surface area contributed by atoms with Crippen molar-refractivity contribution in [1.82, 2.24) is 4.90 Å². The van der Waals surface area contributed by atoms with Gasteiger partial charge in [-0.05, 0) is 48.7 Å². The zero-order chi connectivity index (χ0) is 21.8. The van der Waals surface area contributed by atoms with Crippen LogP contribution in [0, 0.1) is 6.92 Å². The number of hydrogen-bond acceptors (Lipinski definition) is 7. The fourth-order valence-electron chi connectivity index (χ4n) is 4.40. The van der Waals surface area contributed by atoms with E-state index in [-0.39, 0.29) is 29.1 Å². The Bertz CT molecular complexity index is 1200. The van der Waals surface area contributed by atoms with E-state index in [1.807, 2.05) is 42.2 Å². The highest BCUT2D eigenvalue weighted by Gasteiger charge is 2.39. The van der Waals surface area contributed by atoms with Crippen LogP contribution in [0.5, 0.6) is 17.2 Å². The molecule has 1 atom stereocenters. The van der Waals surface area contributed by atoms with Gasteiger partial charge >= 0.3 is 0 Å². The van der Waals surface area contributed by atoms with Crippen LogP contribution >= 0.6 is 0 Å². The summed E-state index contributed by atoms with van der Waals surface area (Å²) in [5.74, 6) is 2.39. The third-order valence-corrected chi connectivity index (χ3v) is 7.84. The van der Waals surface area contributed by atoms with Crippen molar-refractivity contribution in [3.05, 3.63) is 58.3 Å². The van der Waals surface area contributed by atoms with Crippen LogP contribution in [0.3, 0.4) is 0 Å². The molecule has 1 unspecified atom stereocenters. The van der Waals surface area contributed by atoms with E-state index in [0.29, 0.717) is 36.8 Å². The molecule has 31 heavy (non-hydrogen) atoms. The Morgan fingerprint density at radius 2 is 2.00 bits per heavy atom. The monoisotopic (exact) mass is 441 g/mol. The number of ketones is 1. The molecule has 2 aromatic rings. The van der Waals surface area contributed by atoms with Gasteiger partial charge < -0.3 is 14.2 Å². The summed E-state index contributed by atoms with van der Waals surface area (Å²) < 4.78 is 41.0. The highest BCUT2D eigenvalue weighted by Crippen LogP contribution is 2.44. The fraction of sp³-hybridized carbons (Fsp3) is 0.348. The van der Waals surface area contributed by atoms with Gasteiger partial charge in [-0.15, -0.1) is 0 Å². The van der Waals surface area contributed by atoms with Crippen LogP contribution in [0.1, 0.15) is 33.5 Å². The molecule has 3 aliphatic heterocycles. The van der Waals surface area contributed by atoms with Crippen LogP contribution in [0.25, 0.3) is 6.08 Å². The third-order valence-electron chi connectivity index (χ3n) is 6.09. The number of benzene rings is 2. The lowest BCUT2D eigenvalue weighted by molar-refractivity contribution is 0.0633. The minimum atomic E-state index is -3.00. The first-order valence-corrected chi connectivity index (χ1v) is 12.0. The second kappa shape index (κ2) is 7.39. The number of allylic oxidation sites excluding steroid dienone is 1. The Labute approximate surface area is 181 Å². The predicted molar refractivity (Wildman–Crippen MR) is 115 cm³/mol. The number of rotatable bonds is 3. The van der Waals surface area contributed by atoms with Gasteiger partial charge in [0.1, 0.15) is 24.0 Å². The molecule has 0 aliphatic carbocycles. The van der Waals surface area contributed by atoms with Crippen LogP contribution in [0.2, 0.25) is 0 Å². The molecule has 7 nitrogen and oxygen atoms in total. The number of hydrogen-bond donors (Lipinski definition) is 0. The van der Waals surface area contributed by atoms with E-state index in [9.17, 15) is 13.2 Å². The average molecular weight is 442 g/mol. The molecule has 1 fully saturated rings. The zero-order valence-electron chi connectivity index (χ0n) is 17.4. The van der Waals surface area contributed by atoms with E-state index in [0.717, 1.165) is 22.4 Å². The summed E-state index contributed by atoms with van der Waals surface area (Å²) in [5, 5.41) is 0. The van der Waals surface area contributed by atoms with Crippen LogP contribution in [-0.2, 0) is 16.4 Å². The number of sulfone groups is 1. The number of nitrogens with zero attached hydrogens (tertiary/aromatic N) is 1. The molecule has 5 rings (SSSR count). The van der Waals surface area contributed by atoms with Gasteiger partial charge in [0, 0.05) is 12.6 Å². The minimum Gasteiger partial charge on any atom is -0.497 e. The van der Waals surface area contributed by atoms with E-state index < -0.39 is 9.84 Å². The summed E-state index contributed by atoms with van der Waals surface area (Å²) in [6.45, 7) is 2.69. The molecule has 1 saturated heterocycles.